The van der Waals surface area contributed by atoms with Gasteiger partial charge in [-0.25, -0.2) is 0 Å². The smallest absolute Gasteiger partial charge is 0.383 e. The lowest BCUT2D eigenvalue weighted by Crippen LogP contribution is -2.19. The molecule has 1 heterocycles. The minimum atomic E-state index is -4.26. The number of halogens is 3. The lowest BCUT2D eigenvalue weighted by atomic mass is 10.4. The van der Waals surface area contributed by atoms with E-state index in [9.17, 15) is 13.2 Å². The van der Waals surface area contributed by atoms with Gasteiger partial charge in [-0.3, -0.25) is 4.68 Å². The van der Waals surface area contributed by atoms with Crippen LogP contribution in [0.5, 0.6) is 0 Å². The third-order valence-electron chi connectivity index (χ3n) is 2.43. The van der Waals surface area contributed by atoms with Crippen LogP contribution in [-0.4, -0.2) is 49.4 Å². The molecule has 0 bridgehead atoms. The van der Waals surface area contributed by atoms with Crippen LogP contribution in [-0.2, 0) is 22.6 Å². The van der Waals surface area contributed by atoms with Crippen LogP contribution in [0.4, 0.5) is 13.2 Å². The first kappa shape index (κ1) is 16.9. The van der Waals surface area contributed by atoms with Gasteiger partial charge in [0.2, 0.25) is 0 Å². The molecule has 8 heteroatoms. The van der Waals surface area contributed by atoms with Crippen molar-refractivity contribution in [2.45, 2.75) is 25.7 Å². The molecule has 5 nitrogen and oxygen atoms in total. The Hall–Kier alpha value is -1.12. The highest BCUT2D eigenvalue weighted by molar-refractivity contribution is 4.98. The fraction of sp³-hybridized carbons (Fsp3) is 0.750. The number of nitrogens with zero attached hydrogens (tertiary/aromatic N) is 2. The van der Waals surface area contributed by atoms with E-state index < -0.39 is 12.8 Å². The Labute approximate surface area is 116 Å². The molecule has 1 N–H and O–H groups in total. The van der Waals surface area contributed by atoms with E-state index in [1.54, 1.807) is 18.0 Å². The number of hydrogen-bond acceptors (Lipinski definition) is 4. The second kappa shape index (κ2) is 8.93. The molecule has 0 unspecified atom stereocenters. The molecule has 0 spiro atoms. The van der Waals surface area contributed by atoms with E-state index in [1.807, 2.05) is 6.07 Å². The number of aryl methyl sites for hydroxylation is 1. The zero-order valence-corrected chi connectivity index (χ0v) is 11.4. The Morgan fingerprint density at radius 2 is 2.15 bits per heavy atom. The molecule has 1 aromatic heterocycles. The second-order valence-electron chi connectivity index (χ2n) is 4.26. The number of ether oxygens (including phenoxy) is 2. The number of hydrogen-bond donors (Lipinski definition) is 1. The van der Waals surface area contributed by atoms with Gasteiger partial charge >= 0.3 is 6.18 Å². The highest BCUT2D eigenvalue weighted by Crippen LogP contribution is 2.14. The van der Waals surface area contributed by atoms with Gasteiger partial charge in [-0.1, -0.05) is 0 Å². The summed E-state index contributed by atoms with van der Waals surface area (Å²) in [6, 6.07) is 1.87. The molecule has 20 heavy (non-hydrogen) atoms. The third kappa shape index (κ3) is 8.13. The average molecular weight is 295 g/mol. The van der Waals surface area contributed by atoms with Crippen LogP contribution in [0, 0.1) is 0 Å². The molecular weight excluding hydrogens is 275 g/mol. The molecule has 0 amide bonds. The molecule has 1 aromatic rings. The summed E-state index contributed by atoms with van der Waals surface area (Å²) >= 11 is 0. The normalized spacial score (nSPS) is 12.0. The van der Waals surface area contributed by atoms with Crippen molar-refractivity contribution in [2.24, 2.45) is 0 Å². The SMILES string of the molecule is COCCNCc1ccn(CCCOCC(F)(F)F)n1. The van der Waals surface area contributed by atoms with Gasteiger partial charge in [0.1, 0.15) is 6.61 Å². The zero-order chi connectivity index (χ0) is 14.8. The van der Waals surface area contributed by atoms with Gasteiger partial charge in [-0.2, -0.15) is 18.3 Å². The fourth-order valence-corrected chi connectivity index (χ4v) is 1.53. The summed E-state index contributed by atoms with van der Waals surface area (Å²) < 4.78 is 46.6. The number of nitrogens with one attached hydrogen (secondary N) is 1. The molecule has 0 saturated heterocycles. The summed E-state index contributed by atoms with van der Waals surface area (Å²) in [6.07, 6.45) is -1.96. The number of alkyl halides is 3. The van der Waals surface area contributed by atoms with Crippen molar-refractivity contribution in [2.75, 3.05) is 33.5 Å². The molecule has 0 aliphatic rings. The first-order valence-corrected chi connectivity index (χ1v) is 6.38. The minimum absolute atomic E-state index is 0.0702. The summed E-state index contributed by atoms with van der Waals surface area (Å²) in [5, 5.41) is 7.45. The second-order valence-corrected chi connectivity index (χ2v) is 4.26. The Bertz CT molecular complexity index is 369. The maximum absolute atomic E-state index is 11.8. The van der Waals surface area contributed by atoms with Gasteiger partial charge in [-0.05, 0) is 12.5 Å². The van der Waals surface area contributed by atoms with E-state index in [2.05, 4.69) is 15.2 Å². The van der Waals surface area contributed by atoms with Gasteiger partial charge in [-0.15, -0.1) is 0 Å². The van der Waals surface area contributed by atoms with Gasteiger partial charge < -0.3 is 14.8 Å². The molecule has 0 radical (unpaired) electrons. The van der Waals surface area contributed by atoms with Crippen molar-refractivity contribution in [1.29, 1.82) is 0 Å². The van der Waals surface area contributed by atoms with Crippen molar-refractivity contribution >= 4 is 0 Å². The Morgan fingerprint density at radius 3 is 2.85 bits per heavy atom. The Balaban J connectivity index is 2.11. The summed E-state index contributed by atoms with van der Waals surface area (Å²) in [7, 11) is 1.64. The quantitative estimate of drug-likeness (QED) is 0.666. The molecule has 1 rings (SSSR count). The first-order chi connectivity index (χ1) is 9.51. The molecule has 0 saturated carbocycles. The highest BCUT2D eigenvalue weighted by atomic mass is 19.4. The lowest BCUT2D eigenvalue weighted by molar-refractivity contribution is -0.174. The fourth-order valence-electron chi connectivity index (χ4n) is 1.53. The predicted octanol–water partition coefficient (Wildman–Crippen LogP) is 1.59. The Morgan fingerprint density at radius 1 is 1.35 bits per heavy atom. The van der Waals surface area contributed by atoms with Crippen LogP contribution in [0.15, 0.2) is 12.3 Å². The van der Waals surface area contributed by atoms with Crippen molar-refractivity contribution in [3.63, 3.8) is 0 Å². The van der Waals surface area contributed by atoms with Gasteiger partial charge in [0.15, 0.2) is 0 Å². The summed E-state index contributed by atoms with van der Waals surface area (Å²) in [4.78, 5) is 0. The van der Waals surface area contributed by atoms with Crippen molar-refractivity contribution in [1.82, 2.24) is 15.1 Å². The molecule has 0 atom stereocenters. The summed E-state index contributed by atoms with van der Waals surface area (Å²) in [5.74, 6) is 0. The van der Waals surface area contributed by atoms with E-state index in [0.29, 0.717) is 26.1 Å². The molecular formula is C12H20F3N3O2. The van der Waals surface area contributed by atoms with E-state index in [4.69, 9.17) is 4.74 Å². The van der Waals surface area contributed by atoms with Crippen LogP contribution in [0.25, 0.3) is 0 Å². The number of rotatable bonds is 10. The summed E-state index contributed by atoms with van der Waals surface area (Å²) in [5.41, 5.74) is 0.886. The topological polar surface area (TPSA) is 48.3 Å². The van der Waals surface area contributed by atoms with E-state index in [0.717, 1.165) is 12.2 Å². The van der Waals surface area contributed by atoms with Gasteiger partial charge in [0.05, 0.1) is 12.3 Å². The maximum Gasteiger partial charge on any atom is 0.411 e. The van der Waals surface area contributed by atoms with Gasteiger partial charge in [0, 0.05) is 39.5 Å². The molecule has 0 aliphatic heterocycles. The van der Waals surface area contributed by atoms with E-state index in [-0.39, 0.29) is 6.61 Å². The zero-order valence-electron chi connectivity index (χ0n) is 11.4. The van der Waals surface area contributed by atoms with Crippen LogP contribution in [0.1, 0.15) is 12.1 Å². The highest BCUT2D eigenvalue weighted by Gasteiger charge is 2.27. The van der Waals surface area contributed by atoms with Crippen molar-refractivity contribution in [3.05, 3.63) is 18.0 Å². The van der Waals surface area contributed by atoms with Crippen LogP contribution >= 0.6 is 0 Å². The summed E-state index contributed by atoms with van der Waals surface area (Å²) in [6.45, 7) is 1.43. The molecule has 0 aromatic carbocycles. The van der Waals surface area contributed by atoms with Crippen molar-refractivity contribution < 1.29 is 22.6 Å². The predicted molar refractivity (Wildman–Crippen MR) is 67.3 cm³/mol. The van der Waals surface area contributed by atoms with Crippen LogP contribution < -0.4 is 5.32 Å². The van der Waals surface area contributed by atoms with Crippen molar-refractivity contribution in [3.8, 4) is 0 Å². The van der Waals surface area contributed by atoms with E-state index >= 15 is 0 Å². The number of aromatic nitrogens is 2. The van der Waals surface area contributed by atoms with Crippen LogP contribution in [0.2, 0.25) is 0 Å². The largest absolute Gasteiger partial charge is 0.411 e. The molecule has 0 aliphatic carbocycles. The lowest BCUT2D eigenvalue weighted by Gasteiger charge is -2.07. The third-order valence-corrected chi connectivity index (χ3v) is 2.43. The maximum atomic E-state index is 11.8. The van der Waals surface area contributed by atoms with E-state index in [1.165, 1.54) is 0 Å². The monoisotopic (exact) mass is 295 g/mol. The average Bonchev–Trinajstić information content (AvgIpc) is 2.81. The molecule has 0 fully saturated rings. The molecule has 116 valence electrons. The Kier molecular flexibility index (Phi) is 7.56. The first-order valence-electron chi connectivity index (χ1n) is 6.38. The standard InChI is InChI=1S/C12H20F3N3O2/c1-19-8-4-16-9-11-3-6-18(17-11)5-2-7-20-10-12(13,14)15/h3,6,16H,2,4-5,7-10H2,1H3. The minimum Gasteiger partial charge on any atom is -0.383 e. The van der Waals surface area contributed by atoms with Crippen LogP contribution in [0.3, 0.4) is 0 Å². The van der Waals surface area contributed by atoms with Gasteiger partial charge in [0.25, 0.3) is 0 Å². The number of methoxy groups -OCH3 is 1.